The number of hydrogen-bond donors (Lipinski definition) is 3. The number of aromatic nitrogens is 3. The van der Waals surface area contributed by atoms with Crippen molar-refractivity contribution in [3.63, 3.8) is 0 Å². The van der Waals surface area contributed by atoms with Crippen molar-refractivity contribution in [1.82, 2.24) is 15.0 Å². The summed E-state index contributed by atoms with van der Waals surface area (Å²) in [6, 6.07) is 16.1. The fourth-order valence-electron chi connectivity index (χ4n) is 3.40. The van der Waals surface area contributed by atoms with Crippen LogP contribution in [0, 0.1) is 6.92 Å². The van der Waals surface area contributed by atoms with Gasteiger partial charge in [0.05, 0.1) is 5.69 Å². The maximum atomic E-state index is 12.7. The molecule has 4 aromatic rings. The third-order valence-electron chi connectivity index (χ3n) is 5.33. The quantitative estimate of drug-likeness (QED) is 0.249. The molecule has 0 aliphatic rings. The topological polar surface area (TPSA) is 113 Å². The Morgan fingerprint density at radius 1 is 1.11 bits per heavy atom. The van der Waals surface area contributed by atoms with Gasteiger partial charge < -0.3 is 15.4 Å². The zero-order valence-electron chi connectivity index (χ0n) is 20.0. The summed E-state index contributed by atoms with van der Waals surface area (Å²) in [4.78, 5) is 25.7. The summed E-state index contributed by atoms with van der Waals surface area (Å²) >= 11 is 0. The van der Waals surface area contributed by atoms with Gasteiger partial charge in [-0.25, -0.2) is 20.0 Å². The summed E-state index contributed by atoms with van der Waals surface area (Å²) in [6.07, 6.45) is 3.22. The number of ether oxygens (including phenoxy) is 1. The zero-order chi connectivity index (χ0) is 26.4. The molecule has 2 aromatic carbocycles. The SMILES string of the molecule is CCN(O)c1ccc(-c2ccnc(Nc3cc(NC(=O)c4cccc(OC(F)F)c4)ccc3C)n2)cn1. The van der Waals surface area contributed by atoms with Crippen LogP contribution in [0.5, 0.6) is 5.75 Å². The minimum absolute atomic E-state index is 0.102. The van der Waals surface area contributed by atoms with Gasteiger partial charge in [0, 0.05) is 41.4 Å². The molecule has 0 atom stereocenters. The lowest BCUT2D eigenvalue weighted by molar-refractivity contribution is -0.0498. The van der Waals surface area contributed by atoms with Gasteiger partial charge in [-0.2, -0.15) is 8.78 Å². The van der Waals surface area contributed by atoms with Crippen LogP contribution in [0.25, 0.3) is 11.3 Å². The minimum atomic E-state index is -2.98. The number of hydrogen-bond acceptors (Lipinski definition) is 8. The highest BCUT2D eigenvalue weighted by molar-refractivity contribution is 6.04. The molecule has 2 aromatic heterocycles. The van der Waals surface area contributed by atoms with Crippen molar-refractivity contribution in [1.29, 1.82) is 0 Å². The summed E-state index contributed by atoms with van der Waals surface area (Å²) in [5, 5.41) is 16.7. The van der Waals surface area contributed by atoms with Crippen molar-refractivity contribution in [2.24, 2.45) is 0 Å². The first-order valence-corrected chi connectivity index (χ1v) is 11.3. The van der Waals surface area contributed by atoms with E-state index in [0.29, 0.717) is 35.4 Å². The van der Waals surface area contributed by atoms with Crippen LogP contribution in [0.1, 0.15) is 22.8 Å². The zero-order valence-corrected chi connectivity index (χ0v) is 20.0. The van der Waals surface area contributed by atoms with Gasteiger partial charge in [0.1, 0.15) is 5.75 Å². The minimum Gasteiger partial charge on any atom is -0.435 e. The van der Waals surface area contributed by atoms with Gasteiger partial charge in [-0.05, 0) is 67.9 Å². The largest absolute Gasteiger partial charge is 0.435 e. The van der Waals surface area contributed by atoms with Gasteiger partial charge in [0.25, 0.3) is 5.91 Å². The summed E-state index contributed by atoms with van der Waals surface area (Å²) in [5.41, 5.74) is 3.58. The summed E-state index contributed by atoms with van der Waals surface area (Å²) < 4.78 is 29.3. The van der Waals surface area contributed by atoms with Crippen molar-refractivity contribution >= 4 is 29.0 Å². The number of anilines is 4. The maximum Gasteiger partial charge on any atom is 0.387 e. The van der Waals surface area contributed by atoms with E-state index in [1.54, 1.807) is 42.7 Å². The molecule has 37 heavy (non-hydrogen) atoms. The highest BCUT2D eigenvalue weighted by atomic mass is 19.3. The Balaban J connectivity index is 1.49. The van der Waals surface area contributed by atoms with E-state index >= 15 is 0 Å². The van der Waals surface area contributed by atoms with Crippen LogP contribution in [0.2, 0.25) is 0 Å². The second-order valence-corrected chi connectivity index (χ2v) is 7.90. The van der Waals surface area contributed by atoms with Crippen molar-refractivity contribution in [3.8, 4) is 17.0 Å². The molecule has 4 rings (SSSR count). The van der Waals surface area contributed by atoms with Gasteiger partial charge in [-0.15, -0.1) is 0 Å². The van der Waals surface area contributed by atoms with Gasteiger partial charge in [-0.3, -0.25) is 10.0 Å². The van der Waals surface area contributed by atoms with Gasteiger partial charge in [0.15, 0.2) is 5.82 Å². The number of carbonyl (C=O) groups is 1. The molecule has 9 nitrogen and oxygen atoms in total. The van der Waals surface area contributed by atoms with E-state index in [0.717, 1.165) is 16.2 Å². The fraction of sp³-hybridized carbons (Fsp3) is 0.154. The van der Waals surface area contributed by atoms with Gasteiger partial charge in [-0.1, -0.05) is 12.1 Å². The number of halogens is 2. The first-order valence-electron chi connectivity index (χ1n) is 11.3. The molecule has 0 saturated carbocycles. The van der Waals surface area contributed by atoms with Crippen LogP contribution in [0.3, 0.4) is 0 Å². The maximum absolute atomic E-state index is 12.7. The molecule has 0 radical (unpaired) electrons. The lowest BCUT2D eigenvalue weighted by Gasteiger charge is -2.14. The van der Waals surface area contributed by atoms with E-state index in [2.05, 4.69) is 30.3 Å². The van der Waals surface area contributed by atoms with Crippen LogP contribution in [-0.2, 0) is 0 Å². The molecule has 0 aliphatic carbocycles. The van der Waals surface area contributed by atoms with E-state index in [1.165, 1.54) is 24.3 Å². The van der Waals surface area contributed by atoms with E-state index in [4.69, 9.17) is 0 Å². The summed E-state index contributed by atoms with van der Waals surface area (Å²) in [5.74, 6) is 0.187. The molecule has 0 bridgehead atoms. The van der Waals surface area contributed by atoms with Crippen LogP contribution >= 0.6 is 0 Å². The standard InChI is InChI=1S/C26H24F2N6O3/c1-3-34(36)23-10-8-18(15-30-23)21-11-12-29-26(32-21)33-22-14-19(9-7-16(22)2)31-24(35)17-5-4-6-20(13-17)37-25(27)28/h4-15,25,36H,3H2,1-2H3,(H,31,35)(H,29,32,33). The molecule has 1 amide bonds. The highest BCUT2D eigenvalue weighted by Gasteiger charge is 2.12. The molecule has 0 saturated heterocycles. The Bertz CT molecular complexity index is 1390. The monoisotopic (exact) mass is 506 g/mol. The van der Waals surface area contributed by atoms with Crippen LogP contribution < -0.4 is 20.4 Å². The smallest absolute Gasteiger partial charge is 0.387 e. The van der Waals surface area contributed by atoms with Crippen molar-refractivity contribution in [3.05, 3.63) is 84.2 Å². The normalized spacial score (nSPS) is 10.8. The Morgan fingerprint density at radius 2 is 1.95 bits per heavy atom. The number of nitrogens with zero attached hydrogens (tertiary/aromatic N) is 4. The molecule has 0 aliphatic heterocycles. The predicted molar refractivity (Wildman–Crippen MR) is 136 cm³/mol. The van der Waals surface area contributed by atoms with E-state index in [-0.39, 0.29) is 11.3 Å². The third-order valence-corrected chi connectivity index (χ3v) is 5.33. The molecular formula is C26H24F2N6O3. The average Bonchev–Trinajstić information content (AvgIpc) is 2.90. The predicted octanol–water partition coefficient (Wildman–Crippen LogP) is 5.66. The number of hydroxylamine groups is 1. The molecule has 11 heteroatoms. The summed E-state index contributed by atoms with van der Waals surface area (Å²) in [6.45, 7) is 1.13. The van der Waals surface area contributed by atoms with Crippen molar-refractivity contribution in [2.45, 2.75) is 20.5 Å². The molecular weight excluding hydrogens is 482 g/mol. The molecule has 0 unspecified atom stereocenters. The van der Waals surface area contributed by atoms with Gasteiger partial charge >= 0.3 is 6.61 Å². The number of aryl methyl sites for hydroxylation is 1. The van der Waals surface area contributed by atoms with Gasteiger partial charge in [0.2, 0.25) is 5.95 Å². The lowest BCUT2D eigenvalue weighted by Crippen LogP contribution is -2.17. The van der Waals surface area contributed by atoms with Crippen LogP contribution in [-0.4, -0.2) is 39.2 Å². The Hall–Kier alpha value is -4.64. The number of pyridine rings is 1. The van der Waals surface area contributed by atoms with E-state index in [1.807, 2.05) is 19.9 Å². The number of alkyl halides is 2. The Labute approximate surface area is 211 Å². The second-order valence-electron chi connectivity index (χ2n) is 7.90. The number of rotatable bonds is 9. The highest BCUT2D eigenvalue weighted by Crippen LogP contribution is 2.25. The number of amides is 1. The molecule has 0 fully saturated rings. The molecule has 190 valence electrons. The Morgan fingerprint density at radius 3 is 2.68 bits per heavy atom. The second kappa shape index (κ2) is 11.4. The molecule has 3 N–H and O–H groups in total. The Kier molecular flexibility index (Phi) is 7.84. The van der Waals surface area contributed by atoms with Crippen molar-refractivity contribution in [2.75, 3.05) is 22.2 Å². The van der Waals surface area contributed by atoms with Crippen molar-refractivity contribution < 1.29 is 23.5 Å². The first-order chi connectivity index (χ1) is 17.8. The number of benzene rings is 2. The van der Waals surface area contributed by atoms with E-state index in [9.17, 15) is 18.8 Å². The van der Waals surface area contributed by atoms with Crippen LogP contribution in [0.15, 0.2) is 73.1 Å². The first kappa shape index (κ1) is 25.5. The molecule has 0 spiro atoms. The average molecular weight is 507 g/mol. The van der Waals surface area contributed by atoms with Crippen LogP contribution in [0.4, 0.5) is 31.9 Å². The lowest BCUT2D eigenvalue weighted by atomic mass is 10.1. The third kappa shape index (κ3) is 6.53. The summed E-state index contributed by atoms with van der Waals surface area (Å²) in [7, 11) is 0. The molecule has 2 heterocycles. The number of carbonyl (C=O) groups excluding carboxylic acids is 1. The number of nitrogens with one attached hydrogen (secondary N) is 2. The van der Waals surface area contributed by atoms with E-state index < -0.39 is 12.5 Å². The fourth-order valence-corrected chi connectivity index (χ4v) is 3.40.